The van der Waals surface area contributed by atoms with Gasteiger partial charge in [0, 0.05) is 45.4 Å². The number of carbonyl (C=O) groups excluding carboxylic acids is 2. The fourth-order valence-electron chi connectivity index (χ4n) is 4.78. The summed E-state index contributed by atoms with van der Waals surface area (Å²) in [5, 5.41) is 3.07. The Balaban J connectivity index is 0.00000361. The molecule has 0 aliphatic carbocycles. The molecule has 0 spiro atoms. The normalized spacial score (nSPS) is 21.5. The molecular formula is C23H35N5O7S. The van der Waals surface area contributed by atoms with Crippen LogP contribution in [0.25, 0.3) is 11.0 Å². The Bertz CT molecular complexity index is 1280. The molecule has 1 amide bonds. The number of hydrogen-bond donors (Lipinski definition) is 3. The highest BCUT2D eigenvalue weighted by Crippen LogP contribution is 2.29. The molecule has 2 fully saturated rings. The van der Waals surface area contributed by atoms with Gasteiger partial charge in [0.25, 0.3) is 10.1 Å². The highest BCUT2D eigenvalue weighted by atomic mass is 32.2. The molecule has 2 aliphatic rings. The molecular weight excluding hydrogens is 490 g/mol. The van der Waals surface area contributed by atoms with Crippen LogP contribution in [-0.4, -0.2) is 79.1 Å². The Kier molecular flexibility index (Phi) is 8.59. The minimum atomic E-state index is -4.78. The molecule has 3 heterocycles. The number of fused-ring (bicyclic) bond motifs is 1. The van der Waals surface area contributed by atoms with Gasteiger partial charge in [-0.2, -0.15) is 8.42 Å². The lowest BCUT2D eigenvalue weighted by atomic mass is 9.97. The zero-order valence-corrected chi connectivity index (χ0v) is 20.6. The van der Waals surface area contributed by atoms with Crippen LogP contribution in [0.5, 0.6) is 0 Å². The van der Waals surface area contributed by atoms with Crippen LogP contribution in [0.2, 0.25) is 0 Å². The highest BCUT2D eigenvalue weighted by molar-refractivity contribution is 7.87. The van der Waals surface area contributed by atoms with Gasteiger partial charge in [-0.1, -0.05) is 7.43 Å². The summed E-state index contributed by atoms with van der Waals surface area (Å²) in [7, 11) is -1.30. The number of rotatable bonds is 8. The van der Waals surface area contributed by atoms with E-state index < -0.39 is 45.3 Å². The molecule has 2 aromatic rings. The van der Waals surface area contributed by atoms with E-state index >= 15 is 0 Å². The number of amides is 1. The topological polar surface area (TPSA) is 152 Å². The van der Waals surface area contributed by atoms with E-state index in [2.05, 4.69) is 10.2 Å². The van der Waals surface area contributed by atoms with Gasteiger partial charge < -0.3 is 20.3 Å². The van der Waals surface area contributed by atoms with E-state index in [9.17, 15) is 27.4 Å². The summed E-state index contributed by atoms with van der Waals surface area (Å²) in [4.78, 5) is 40.2. The van der Waals surface area contributed by atoms with Crippen molar-refractivity contribution in [1.29, 1.82) is 0 Å². The monoisotopic (exact) mass is 525 g/mol. The first-order valence-corrected chi connectivity index (χ1v) is 13.1. The second-order valence-electron chi connectivity index (χ2n) is 9.08. The van der Waals surface area contributed by atoms with Crippen molar-refractivity contribution < 1.29 is 27.3 Å². The maximum absolute atomic E-state index is 13.0. The second-order valence-corrected chi connectivity index (χ2v) is 10.6. The predicted octanol–water partition coefficient (Wildman–Crippen LogP) is 0.273. The molecule has 2 saturated heterocycles. The van der Waals surface area contributed by atoms with Gasteiger partial charge in [-0.05, 0) is 44.0 Å². The lowest BCUT2D eigenvalue weighted by molar-refractivity contribution is -0.134. The molecule has 2 atom stereocenters. The number of imidazole rings is 1. The second kappa shape index (κ2) is 11.1. The Morgan fingerprint density at radius 1 is 1.17 bits per heavy atom. The molecule has 200 valence electrons. The average molecular weight is 526 g/mol. The van der Waals surface area contributed by atoms with Crippen LogP contribution in [0.4, 0.5) is 5.69 Å². The highest BCUT2D eigenvalue weighted by Gasteiger charge is 2.43. The van der Waals surface area contributed by atoms with Crippen molar-refractivity contribution in [1.82, 2.24) is 19.8 Å². The number of aryl methyl sites for hydroxylation is 1. The maximum Gasteiger partial charge on any atom is 0.329 e. The number of ketones is 1. The molecule has 1 aromatic carbocycles. The lowest BCUT2D eigenvalue weighted by Crippen LogP contribution is -2.55. The van der Waals surface area contributed by atoms with Crippen LogP contribution in [0.3, 0.4) is 0 Å². The predicted molar refractivity (Wildman–Crippen MR) is 136 cm³/mol. The standard InChI is InChI=1S/C22H31N5O7S.CH4/c1-23-7-10-34-13-14-5-8-26(9-6-14)15-3-4-16-17(11-15)25(2)22(30)27(16)18-12-19(28)21(24-20(18)29)35(31,32)33;/h3-4,11,14,18,21,23H,5-10,12-13H2,1-2H3,(H,24,29)(H,31,32,33);1H4. The smallest absolute Gasteiger partial charge is 0.329 e. The molecule has 36 heavy (non-hydrogen) atoms. The Morgan fingerprint density at radius 3 is 2.50 bits per heavy atom. The van der Waals surface area contributed by atoms with Crippen molar-refractivity contribution in [3.05, 3.63) is 28.7 Å². The van der Waals surface area contributed by atoms with Gasteiger partial charge in [0.2, 0.25) is 11.3 Å². The third kappa shape index (κ3) is 5.48. The van der Waals surface area contributed by atoms with Crippen molar-refractivity contribution in [2.24, 2.45) is 13.0 Å². The SMILES string of the molecule is C.CNCCOCC1CCN(c2ccc3c(c2)n(C)c(=O)n3C2CC(=O)C(S(=O)(=O)O)NC2=O)CC1. The number of Topliss-reactive ketones (excluding diaryl/α,β-unsaturated/α-hetero) is 1. The number of likely N-dealkylation sites (N-methyl/N-ethyl adjacent to an activating group) is 1. The lowest BCUT2D eigenvalue weighted by Gasteiger charge is -2.33. The number of piperidine rings is 2. The molecule has 4 rings (SSSR count). The summed E-state index contributed by atoms with van der Waals surface area (Å²) >= 11 is 0. The fraction of sp³-hybridized carbons (Fsp3) is 0.609. The van der Waals surface area contributed by atoms with Gasteiger partial charge in [-0.25, -0.2) is 4.79 Å². The molecule has 0 radical (unpaired) electrons. The van der Waals surface area contributed by atoms with Crippen molar-refractivity contribution in [3.8, 4) is 0 Å². The van der Waals surface area contributed by atoms with Gasteiger partial charge >= 0.3 is 5.69 Å². The quantitative estimate of drug-likeness (QED) is 0.326. The first-order chi connectivity index (χ1) is 16.6. The molecule has 0 bridgehead atoms. The van der Waals surface area contributed by atoms with Crippen molar-refractivity contribution >= 4 is 38.5 Å². The number of nitrogens with one attached hydrogen (secondary N) is 2. The maximum atomic E-state index is 13.0. The van der Waals surface area contributed by atoms with Crippen LogP contribution in [0.15, 0.2) is 23.0 Å². The minimum Gasteiger partial charge on any atom is -0.380 e. The third-order valence-electron chi connectivity index (χ3n) is 6.78. The Labute approximate surface area is 210 Å². The van der Waals surface area contributed by atoms with Gasteiger partial charge in [0.1, 0.15) is 6.04 Å². The molecule has 13 heteroatoms. The zero-order valence-electron chi connectivity index (χ0n) is 19.8. The first kappa shape index (κ1) is 27.8. The summed E-state index contributed by atoms with van der Waals surface area (Å²) in [5.74, 6) is -1.19. The Hall–Kier alpha value is -2.74. The number of carbonyl (C=O) groups is 2. The average Bonchev–Trinajstić information content (AvgIpc) is 3.07. The van der Waals surface area contributed by atoms with E-state index in [1.165, 1.54) is 9.13 Å². The van der Waals surface area contributed by atoms with Crippen LogP contribution >= 0.6 is 0 Å². The van der Waals surface area contributed by atoms with Gasteiger partial charge in [0.15, 0.2) is 5.78 Å². The van der Waals surface area contributed by atoms with Crippen molar-refractivity contribution in [3.63, 3.8) is 0 Å². The molecule has 0 saturated carbocycles. The summed E-state index contributed by atoms with van der Waals surface area (Å²) in [6, 6.07) is 4.30. The Morgan fingerprint density at radius 2 is 1.86 bits per heavy atom. The van der Waals surface area contributed by atoms with Crippen molar-refractivity contribution in [2.75, 3.05) is 44.8 Å². The molecule has 2 unspecified atom stereocenters. The van der Waals surface area contributed by atoms with Gasteiger partial charge in [-0.3, -0.25) is 23.3 Å². The number of anilines is 1. The van der Waals surface area contributed by atoms with Crippen molar-refractivity contribution in [2.45, 2.75) is 38.1 Å². The number of nitrogens with zero attached hydrogens (tertiary/aromatic N) is 3. The van der Waals surface area contributed by atoms with E-state index in [1.54, 1.807) is 13.1 Å². The van der Waals surface area contributed by atoms with E-state index in [4.69, 9.17) is 4.74 Å². The van der Waals surface area contributed by atoms with E-state index in [1.807, 2.05) is 24.5 Å². The largest absolute Gasteiger partial charge is 0.380 e. The molecule has 2 aliphatic heterocycles. The third-order valence-corrected chi connectivity index (χ3v) is 7.75. The van der Waals surface area contributed by atoms with Crippen LogP contribution in [0.1, 0.15) is 32.7 Å². The number of aromatic nitrogens is 2. The number of hydrogen-bond acceptors (Lipinski definition) is 8. The summed E-state index contributed by atoms with van der Waals surface area (Å²) in [6.07, 6.45) is 1.48. The summed E-state index contributed by atoms with van der Waals surface area (Å²) in [6.45, 7) is 3.98. The molecule has 12 nitrogen and oxygen atoms in total. The number of ether oxygens (including phenoxy) is 1. The zero-order chi connectivity index (χ0) is 25.3. The van der Waals surface area contributed by atoms with E-state index in [0.29, 0.717) is 23.6 Å². The van der Waals surface area contributed by atoms with E-state index in [-0.39, 0.29) is 7.43 Å². The van der Waals surface area contributed by atoms with Crippen LogP contribution in [0, 0.1) is 5.92 Å². The van der Waals surface area contributed by atoms with Crippen LogP contribution < -0.4 is 21.2 Å². The fourth-order valence-corrected chi connectivity index (χ4v) is 5.47. The summed E-state index contributed by atoms with van der Waals surface area (Å²) in [5.41, 5.74) is 1.53. The van der Waals surface area contributed by atoms with E-state index in [0.717, 1.165) is 44.8 Å². The summed E-state index contributed by atoms with van der Waals surface area (Å²) < 4.78 is 40.3. The first-order valence-electron chi connectivity index (χ1n) is 11.6. The molecule has 3 N–H and O–H groups in total. The minimum absolute atomic E-state index is 0. The van der Waals surface area contributed by atoms with Gasteiger partial charge in [-0.15, -0.1) is 0 Å². The molecule has 1 aromatic heterocycles. The van der Waals surface area contributed by atoms with Crippen LogP contribution in [-0.2, 0) is 31.5 Å². The van der Waals surface area contributed by atoms with Gasteiger partial charge in [0.05, 0.1) is 17.6 Å². The number of benzene rings is 1.